The molecule has 0 radical (unpaired) electrons. The van der Waals surface area contributed by atoms with E-state index in [9.17, 15) is 0 Å². The Labute approximate surface area is 99.8 Å². The highest BCUT2D eigenvalue weighted by molar-refractivity contribution is 4.85. The van der Waals surface area contributed by atoms with Crippen LogP contribution in [0, 0.1) is 11.3 Å². The molecule has 1 aliphatic rings. The van der Waals surface area contributed by atoms with Crippen LogP contribution >= 0.6 is 0 Å². The second-order valence-electron chi connectivity index (χ2n) is 5.15. The second-order valence-corrected chi connectivity index (χ2v) is 5.15. The number of piperidine rings is 1. The lowest BCUT2D eigenvalue weighted by Gasteiger charge is -2.36. The van der Waals surface area contributed by atoms with Gasteiger partial charge in [0.1, 0.15) is 0 Å². The molecule has 0 bridgehead atoms. The van der Waals surface area contributed by atoms with Crippen LogP contribution in [0.25, 0.3) is 0 Å². The summed E-state index contributed by atoms with van der Waals surface area (Å²) in [6, 6.07) is 3.79. The van der Waals surface area contributed by atoms with Crippen LogP contribution in [0.3, 0.4) is 0 Å². The van der Waals surface area contributed by atoms with Gasteiger partial charge in [-0.25, -0.2) is 0 Å². The van der Waals surface area contributed by atoms with Crippen molar-refractivity contribution in [1.82, 2.24) is 10.2 Å². The number of rotatable bonds is 5. The molecule has 0 aromatic heterocycles. The van der Waals surface area contributed by atoms with Crippen LogP contribution < -0.4 is 5.32 Å². The summed E-state index contributed by atoms with van der Waals surface area (Å²) >= 11 is 0. The topological polar surface area (TPSA) is 39.1 Å². The fraction of sp³-hybridized carbons (Fsp3) is 0.923. The van der Waals surface area contributed by atoms with Crippen molar-refractivity contribution in [2.24, 2.45) is 0 Å². The Morgan fingerprint density at radius 2 is 2.12 bits per heavy atom. The third-order valence-electron chi connectivity index (χ3n) is 3.46. The van der Waals surface area contributed by atoms with Crippen molar-refractivity contribution >= 4 is 0 Å². The van der Waals surface area contributed by atoms with E-state index in [0.29, 0.717) is 24.5 Å². The molecule has 0 amide bonds. The fourth-order valence-corrected chi connectivity index (χ4v) is 2.48. The standard InChI is InChI=1S/C13H25N3/c1-11(2)16(12(3)7-8-14)10-13-6-4-5-9-15-13/h11-13,15H,4-7,9-10H2,1-3H3. The summed E-state index contributed by atoms with van der Waals surface area (Å²) in [5, 5.41) is 12.4. The van der Waals surface area contributed by atoms with Crippen LogP contribution in [0.1, 0.15) is 46.5 Å². The highest BCUT2D eigenvalue weighted by Crippen LogP contribution is 2.14. The van der Waals surface area contributed by atoms with E-state index in [0.717, 1.165) is 13.1 Å². The summed E-state index contributed by atoms with van der Waals surface area (Å²) in [6.07, 6.45) is 4.57. The first-order valence-electron chi connectivity index (χ1n) is 6.51. The van der Waals surface area contributed by atoms with Crippen molar-refractivity contribution in [3.05, 3.63) is 0 Å². The summed E-state index contributed by atoms with van der Waals surface area (Å²) in [5.74, 6) is 0. The Morgan fingerprint density at radius 3 is 2.62 bits per heavy atom. The molecule has 0 aromatic rings. The van der Waals surface area contributed by atoms with Gasteiger partial charge in [0.15, 0.2) is 0 Å². The van der Waals surface area contributed by atoms with Crippen LogP contribution in [0.2, 0.25) is 0 Å². The zero-order valence-electron chi connectivity index (χ0n) is 10.9. The van der Waals surface area contributed by atoms with E-state index in [4.69, 9.17) is 5.26 Å². The van der Waals surface area contributed by atoms with Gasteiger partial charge < -0.3 is 5.32 Å². The van der Waals surface area contributed by atoms with E-state index in [1.165, 1.54) is 19.3 Å². The molecular weight excluding hydrogens is 198 g/mol. The Bertz CT molecular complexity index is 226. The molecule has 0 spiro atoms. The first kappa shape index (κ1) is 13.5. The van der Waals surface area contributed by atoms with Gasteiger partial charge in [-0.1, -0.05) is 6.42 Å². The molecule has 0 aliphatic carbocycles. The maximum Gasteiger partial charge on any atom is 0.0638 e. The maximum atomic E-state index is 8.78. The summed E-state index contributed by atoms with van der Waals surface area (Å²) in [6.45, 7) is 8.84. The summed E-state index contributed by atoms with van der Waals surface area (Å²) in [4.78, 5) is 2.45. The normalized spacial score (nSPS) is 23.4. The summed E-state index contributed by atoms with van der Waals surface area (Å²) in [5.41, 5.74) is 0. The zero-order chi connectivity index (χ0) is 12.0. The van der Waals surface area contributed by atoms with Crippen molar-refractivity contribution in [3.63, 3.8) is 0 Å². The predicted octanol–water partition coefficient (Wildman–Crippen LogP) is 2.14. The number of hydrogen-bond donors (Lipinski definition) is 1. The molecule has 92 valence electrons. The first-order chi connectivity index (χ1) is 7.65. The molecule has 0 aromatic carbocycles. The van der Waals surface area contributed by atoms with Crippen LogP contribution in [0.5, 0.6) is 0 Å². The molecule has 3 heteroatoms. The largest absolute Gasteiger partial charge is 0.313 e. The highest BCUT2D eigenvalue weighted by Gasteiger charge is 2.22. The molecule has 1 rings (SSSR count). The van der Waals surface area contributed by atoms with Crippen LogP contribution in [0.15, 0.2) is 0 Å². The molecule has 16 heavy (non-hydrogen) atoms. The van der Waals surface area contributed by atoms with Crippen molar-refractivity contribution in [3.8, 4) is 6.07 Å². The van der Waals surface area contributed by atoms with Crippen molar-refractivity contribution < 1.29 is 0 Å². The molecule has 0 saturated carbocycles. The minimum Gasteiger partial charge on any atom is -0.313 e. The molecule has 1 saturated heterocycles. The first-order valence-corrected chi connectivity index (χ1v) is 6.51. The molecule has 1 N–H and O–H groups in total. The van der Waals surface area contributed by atoms with Gasteiger partial charge in [0.05, 0.1) is 12.5 Å². The molecule has 1 fully saturated rings. The average Bonchev–Trinajstić information content (AvgIpc) is 2.27. The van der Waals surface area contributed by atoms with Gasteiger partial charge in [0.2, 0.25) is 0 Å². The highest BCUT2D eigenvalue weighted by atomic mass is 15.2. The number of nitriles is 1. The minimum atomic E-state index is 0.369. The average molecular weight is 223 g/mol. The SMILES string of the molecule is CC(C)N(CC1CCCCN1)C(C)CC#N. The van der Waals surface area contributed by atoms with Gasteiger partial charge in [-0.3, -0.25) is 4.90 Å². The zero-order valence-corrected chi connectivity index (χ0v) is 10.9. The van der Waals surface area contributed by atoms with Gasteiger partial charge in [-0.15, -0.1) is 0 Å². The monoisotopic (exact) mass is 223 g/mol. The smallest absolute Gasteiger partial charge is 0.0638 e. The van der Waals surface area contributed by atoms with Gasteiger partial charge in [0, 0.05) is 24.7 Å². The second kappa shape index (κ2) is 6.88. The molecule has 1 heterocycles. The molecular formula is C13H25N3. The molecule has 2 unspecified atom stereocenters. The van der Waals surface area contributed by atoms with Gasteiger partial charge in [0.25, 0.3) is 0 Å². The summed E-state index contributed by atoms with van der Waals surface area (Å²) < 4.78 is 0. The Hall–Kier alpha value is -0.590. The lowest BCUT2D eigenvalue weighted by molar-refractivity contribution is 0.139. The Balaban J connectivity index is 2.46. The predicted molar refractivity (Wildman–Crippen MR) is 67.2 cm³/mol. The van der Waals surface area contributed by atoms with E-state index in [2.05, 4.69) is 37.1 Å². The van der Waals surface area contributed by atoms with Crippen LogP contribution in [0.4, 0.5) is 0 Å². The number of nitrogens with one attached hydrogen (secondary N) is 1. The van der Waals surface area contributed by atoms with E-state index in [-0.39, 0.29) is 0 Å². The van der Waals surface area contributed by atoms with E-state index in [1.807, 2.05) is 0 Å². The Morgan fingerprint density at radius 1 is 1.38 bits per heavy atom. The minimum absolute atomic E-state index is 0.369. The van der Waals surface area contributed by atoms with Crippen molar-refractivity contribution in [1.29, 1.82) is 5.26 Å². The maximum absolute atomic E-state index is 8.78. The van der Waals surface area contributed by atoms with Crippen LogP contribution in [-0.2, 0) is 0 Å². The van der Waals surface area contributed by atoms with Crippen LogP contribution in [-0.4, -0.2) is 36.1 Å². The van der Waals surface area contributed by atoms with E-state index < -0.39 is 0 Å². The quantitative estimate of drug-likeness (QED) is 0.776. The molecule has 2 atom stereocenters. The van der Waals surface area contributed by atoms with Gasteiger partial charge in [-0.05, 0) is 40.2 Å². The van der Waals surface area contributed by atoms with Gasteiger partial charge >= 0.3 is 0 Å². The van der Waals surface area contributed by atoms with Crippen molar-refractivity contribution in [2.75, 3.05) is 13.1 Å². The third kappa shape index (κ3) is 4.11. The van der Waals surface area contributed by atoms with Crippen molar-refractivity contribution in [2.45, 2.75) is 64.6 Å². The lowest BCUT2D eigenvalue weighted by Crippen LogP contribution is -2.49. The Kier molecular flexibility index (Phi) is 5.79. The van der Waals surface area contributed by atoms with E-state index in [1.54, 1.807) is 0 Å². The number of nitrogens with zero attached hydrogens (tertiary/aromatic N) is 2. The fourth-order valence-electron chi connectivity index (χ4n) is 2.48. The van der Waals surface area contributed by atoms with Gasteiger partial charge in [-0.2, -0.15) is 5.26 Å². The van der Waals surface area contributed by atoms with E-state index >= 15 is 0 Å². The molecule has 3 nitrogen and oxygen atoms in total. The summed E-state index contributed by atoms with van der Waals surface area (Å²) in [7, 11) is 0. The lowest BCUT2D eigenvalue weighted by atomic mass is 10.0. The third-order valence-corrected chi connectivity index (χ3v) is 3.46. The molecule has 1 aliphatic heterocycles. The number of hydrogen-bond acceptors (Lipinski definition) is 3.